The molecule has 1 nitrogen and oxygen atoms in total. The van der Waals surface area contributed by atoms with E-state index in [1.807, 2.05) is 18.2 Å². The van der Waals surface area contributed by atoms with Crippen LogP contribution in [0.4, 0.5) is 5.69 Å². The molecule has 0 aliphatic heterocycles. The van der Waals surface area contributed by atoms with Crippen molar-refractivity contribution in [3.05, 3.63) is 82.0 Å². The Bertz CT molecular complexity index is 556. The highest BCUT2D eigenvalue weighted by atomic mass is 127. The van der Waals surface area contributed by atoms with Gasteiger partial charge in [0.2, 0.25) is 0 Å². The normalized spacial score (nSPS) is 10.6. The van der Waals surface area contributed by atoms with Gasteiger partial charge in [0.15, 0.2) is 0 Å². The summed E-state index contributed by atoms with van der Waals surface area (Å²) in [7, 11) is 0. The maximum atomic E-state index is 4.05. The lowest BCUT2D eigenvalue weighted by Crippen LogP contribution is -2.02. The number of benzene rings is 2. The first-order valence-corrected chi connectivity index (χ1v) is 7.22. The van der Waals surface area contributed by atoms with Gasteiger partial charge < -0.3 is 5.32 Å². The zero-order chi connectivity index (χ0) is 13.5. The van der Waals surface area contributed by atoms with Gasteiger partial charge in [-0.25, -0.2) is 0 Å². The summed E-state index contributed by atoms with van der Waals surface area (Å²) in [4.78, 5) is 0. The highest BCUT2D eigenvalue weighted by Crippen LogP contribution is 2.12. The second-order valence-electron chi connectivity index (χ2n) is 4.26. The highest BCUT2D eigenvalue weighted by molar-refractivity contribution is 14.1. The summed E-state index contributed by atoms with van der Waals surface area (Å²) in [6, 6.07) is 18.6. The van der Waals surface area contributed by atoms with E-state index in [0.29, 0.717) is 0 Å². The molecule has 0 spiro atoms. The molecule has 0 unspecified atom stereocenters. The van der Waals surface area contributed by atoms with Gasteiger partial charge in [-0.15, -0.1) is 0 Å². The van der Waals surface area contributed by atoms with Crippen LogP contribution in [0, 0.1) is 3.57 Å². The van der Waals surface area contributed by atoms with Gasteiger partial charge in [0.05, 0.1) is 0 Å². The van der Waals surface area contributed by atoms with Gasteiger partial charge in [-0.2, -0.15) is 0 Å². The summed E-state index contributed by atoms with van der Waals surface area (Å²) in [5.41, 5.74) is 3.37. The first-order chi connectivity index (χ1) is 9.24. The van der Waals surface area contributed by atoms with Crippen LogP contribution in [0.5, 0.6) is 0 Å². The minimum absolute atomic E-state index is 0.754. The standard InChI is InChI=1S/C17H16IN/c1-14(7-8-15-5-3-2-4-6-15)13-19-17-11-9-16(18)10-12-17/h2-12,19H,1,13H2. The van der Waals surface area contributed by atoms with Crippen molar-refractivity contribution in [1.82, 2.24) is 0 Å². The van der Waals surface area contributed by atoms with Crippen LogP contribution in [0.15, 0.2) is 72.8 Å². The van der Waals surface area contributed by atoms with Crippen LogP contribution in [-0.4, -0.2) is 6.54 Å². The van der Waals surface area contributed by atoms with Crippen LogP contribution in [0.1, 0.15) is 5.56 Å². The summed E-state index contributed by atoms with van der Waals surface area (Å²) in [6.45, 7) is 4.81. The molecular weight excluding hydrogens is 345 g/mol. The van der Waals surface area contributed by atoms with Gasteiger partial charge in [-0.1, -0.05) is 49.1 Å². The van der Waals surface area contributed by atoms with Crippen molar-refractivity contribution in [2.45, 2.75) is 0 Å². The lowest BCUT2D eigenvalue weighted by molar-refractivity contribution is 1.27. The van der Waals surface area contributed by atoms with E-state index >= 15 is 0 Å². The molecule has 2 rings (SSSR count). The van der Waals surface area contributed by atoms with Gasteiger partial charge in [-0.3, -0.25) is 0 Å². The van der Waals surface area contributed by atoms with Crippen molar-refractivity contribution in [2.24, 2.45) is 0 Å². The molecule has 0 saturated carbocycles. The quantitative estimate of drug-likeness (QED) is 0.586. The fourth-order valence-corrected chi connectivity index (χ4v) is 1.98. The Hall–Kier alpha value is -1.55. The van der Waals surface area contributed by atoms with Gasteiger partial charge in [-0.05, 0) is 58.0 Å². The van der Waals surface area contributed by atoms with Gasteiger partial charge >= 0.3 is 0 Å². The van der Waals surface area contributed by atoms with Crippen molar-refractivity contribution in [3.8, 4) is 0 Å². The van der Waals surface area contributed by atoms with Crippen LogP contribution >= 0.6 is 22.6 Å². The summed E-state index contributed by atoms with van der Waals surface area (Å²) < 4.78 is 1.24. The van der Waals surface area contributed by atoms with Crippen LogP contribution < -0.4 is 5.32 Å². The largest absolute Gasteiger partial charge is 0.381 e. The summed E-state index contributed by atoms with van der Waals surface area (Å²) in [5, 5.41) is 3.35. The Morgan fingerprint density at radius 2 is 1.74 bits per heavy atom. The highest BCUT2D eigenvalue weighted by Gasteiger charge is 1.93. The second-order valence-corrected chi connectivity index (χ2v) is 5.51. The third-order valence-electron chi connectivity index (χ3n) is 2.67. The Kier molecular flexibility index (Phi) is 5.21. The van der Waals surface area contributed by atoms with E-state index in [1.165, 1.54) is 9.13 Å². The molecule has 96 valence electrons. The number of halogens is 1. The molecule has 2 aromatic carbocycles. The summed E-state index contributed by atoms with van der Waals surface area (Å²) in [5.74, 6) is 0. The molecule has 0 aliphatic rings. The zero-order valence-electron chi connectivity index (χ0n) is 10.6. The lowest BCUT2D eigenvalue weighted by Gasteiger charge is -2.06. The minimum Gasteiger partial charge on any atom is -0.381 e. The monoisotopic (exact) mass is 361 g/mol. The molecule has 0 saturated heterocycles. The van der Waals surface area contributed by atoms with E-state index in [4.69, 9.17) is 0 Å². The predicted molar refractivity (Wildman–Crippen MR) is 92.3 cm³/mol. The molecular formula is C17H16IN. The average Bonchev–Trinajstić information content (AvgIpc) is 2.45. The lowest BCUT2D eigenvalue weighted by atomic mass is 10.1. The summed E-state index contributed by atoms with van der Waals surface area (Å²) in [6.07, 6.45) is 4.13. The average molecular weight is 361 g/mol. The molecule has 0 fully saturated rings. The van der Waals surface area contributed by atoms with Crippen LogP contribution in [0.3, 0.4) is 0 Å². The van der Waals surface area contributed by atoms with Gasteiger partial charge in [0, 0.05) is 15.8 Å². The van der Waals surface area contributed by atoms with Crippen LogP contribution in [-0.2, 0) is 0 Å². The SMILES string of the molecule is C=C(C=Cc1ccccc1)CNc1ccc(I)cc1. The van der Waals surface area contributed by atoms with Crippen molar-refractivity contribution < 1.29 is 0 Å². The third kappa shape index (κ3) is 4.91. The Labute approximate surface area is 128 Å². The molecule has 0 amide bonds. The molecule has 0 aliphatic carbocycles. The van der Waals surface area contributed by atoms with Crippen LogP contribution in [0.2, 0.25) is 0 Å². The first kappa shape index (κ1) is 13.9. The minimum atomic E-state index is 0.754. The van der Waals surface area contributed by atoms with E-state index in [1.54, 1.807) is 0 Å². The number of hydrogen-bond acceptors (Lipinski definition) is 1. The Morgan fingerprint density at radius 3 is 2.42 bits per heavy atom. The molecule has 0 bridgehead atoms. The number of nitrogens with one attached hydrogen (secondary N) is 1. The van der Waals surface area contributed by atoms with Crippen molar-refractivity contribution in [2.75, 3.05) is 11.9 Å². The molecule has 2 heteroatoms. The van der Waals surface area contributed by atoms with E-state index in [2.05, 4.69) is 83.0 Å². The third-order valence-corrected chi connectivity index (χ3v) is 3.39. The number of anilines is 1. The van der Waals surface area contributed by atoms with Gasteiger partial charge in [0.1, 0.15) is 0 Å². The van der Waals surface area contributed by atoms with E-state index < -0.39 is 0 Å². The maximum absolute atomic E-state index is 4.05. The smallest absolute Gasteiger partial charge is 0.0394 e. The Balaban J connectivity index is 1.85. The molecule has 0 radical (unpaired) electrons. The van der Waals surface area contributed by atoms with E-state index in [-0.39, 0.29) is 0 Å². The molecule has 0 heterocycles. The Morgan fingerprint density at radius 1 is 1.05 bits per heavy atom. The van der Waals surface area contributed by atoms with E-state index in [0.717, 1.165) is 17.8 Å². The van der Waals surface area contributed by atoms with E-state index in [9.17, 15) is 0 Å². The maximum Gasteiger partial charge on any atom is 0.0394 e. The molecule has 0 aromatic heterocycles. The predicted octanol–water partition coefficient (Wildman–Crippen LogP) is 4.97. The van der Waals surface area contributed by atoms with Crippen molar-refractivity contribution in [1.29, 1.82) is 0 Å². The fraction of sp³-hybridized carbons (Fsp3) is 0.0588. The number of rotatable bonds is 5. The van der Waals surface area contributed by atoms with Crippen LogP contribution in [0.25, 0.3) is 6.08 Å². The second kappa shape index (κ2) is 7.14. The molecule has 0 atom stereocenters. The first-order valence-electron chi connectivity index (χ1n) is 6.14. The van der Waals surface area contributed by atoms with Crippen molar-refractivity contribution >= 4 is 34.4 Å². The van der Waals surface area contributed by atoms with Gasteiger partial charge in [0.25, 0.3) is 0 Å². The molecule has 2 aromatic rings. The topological polar surface area (TPSA) is 12.0 Å². The zero-order valence-corrected chi connectivity index (χ0v) is 12.8. The fourth-order valence-electron chi connectivity index (χ4n) is 1.62. The molecule has 19 heavy (non-hydrogen) atoms. The molecule has 1 N–H and O–H groups in total. The van der Waals surface area contributed by atoms with Crippen molar-refractivity contribution in [3.63, 3.8) is 0 Å². The summed E-state index contributed by atoms with van der Waals surface area (Å²) >= 11 is 2.30. The number of hydrogen-bond donors (Lipinski definition) is 1.